The molecule has 21 heavy (non-hydrogen) atoms. The molecule has 0 aromatic heterocycles. The predicted molar refractivity (Wildman–Crippen MR) is 89.4 cm³/mol. The Morgan fingerprint density at radius 1 is 1.05 bits per heavy atom. The number of allylic oxidation sites excluding steroid dienone is 1. The summed E-state index contributed by atoms with van der Waals surface area (Å²) in [6.45, 7) is 5.02. The van der Waals surface area contributed by atoms with Gasteiger partial charge in [-0.05, 0) is 79.6 Å². The van der Waals surface area contributed by atoms with Crippen LogP contribution in [0.1, 0.15) is 65.2 Å². The molecule has 0 amide bonds. The highest BCUT2D eigenvalue weighted by atomic mass is 79.9. The van der Waals surface area contributed by atoms with Crippen LogP contribution in [0.4, 0.5) is 0 Å². The fraction of sp³-hybridized carbons (Fsp3) is 0.842. The number of rotatable bonds is 0. The highest BCUT2D eigenvalue weighted by molar-refractivity contribution is 9.09. The molecule has 0 saturated heterocycles. The molecule has 0 radical (unpaired) electrons. The van der Waals surface area contributed by atoms with Crippen LogP contribution < -0.4 is 0 Å². The smallest absolute Gasteiger partial charge is 0.155 e. The zero-order valence-electron chi connectivity index (χ0n) is 13.3. The summed E-state index contributed by atoms with van der Waals surface area (Å²) in [6.07, 6.45) is 12.0. The molecule has 0 bridgehead atoms. The van der Waals surface area contributed by atoms with E-state index >= 15 is 0 Å². The number of ketones is 1. The lowest BCUT2D eigenvalue weighted by molar-refractivity contribution is -0.117. The van der Waals surface area contributed by atoms with Crippen LogP contribution in [0.5, 0.6) is 0 Å². The Balaban J connectivity index is 1.69. The molecule has 4 rings (SSSR count). The minimum Gasteiger partial charge on any atom is -0.295 e. The summed E-state index contributed by atoms with van der Waals surface area (Å²) in [5, 5.41) is 0. The molecule has 0 N–H and O–H groups in total. The third kappa shape index (κ3) is 1.90. The van der Waals surface area contributed by atoms with E-state index in [1.807, 2.05) is 6.08 Å². The minimum atomic E-state index is 0.336. The second-order valence-corrected chi connectivity index (χ2v) is 9.66. The molecule has 0 aliphatic heterocycles. The second-order valence-electron chi connectivity index (χ2n) is 8.56. The Bertz CT molecular complexity index is 510. The highest BCUT2D eigenvalue weighted by Crippen LogP contribution is 2.66. The number of fused-ring (bicyclic) bond motifs is 5. The first-order valence-electron chi connectivity index (χ1n) is 8.83. The third-order valence-corrected chi connectivity index (χ3v) is 9.35. The topological polar surface area (TPSA) is 17.1 Å². The van der Waals surface area contributed by atoms with E-state index in [4.69, 9.17) is 0 Å². The number of carbonyl (C=O) groups is 1. The van der Waals surface area contributed by atoms with Gasteiger partial charge < -0.3 is 0 Å². The van der Waals surface area contributed by atoms with E-state index < -0.39 is 0 Å². The number of alkyl halides is 1. The first kappa shape index (κ1) is 14.5. The van der Waals surface area contributed by atoms with Crippen molar-refractivity contribution in [3.63, 3.8) is 0 Å². The molecular weight excluding hydrogens is 324 g/mol. The van der Waals surface area contributed by atoms with Crippen LogP contribution in [-0.4, -0.2) is 10.6 Å². The third-order valence-electron chi connectivity index (χ3n) is 7.85. The first-order chi connectivity index (χ1) is 9.95. The van der Waals surface area contributed by atoms with Gasteiger partial charge in [0.2, 0.25) is 0 Å². The highest BCUT2D eigenvalue weighted by Gasteiger charge is 2.58. The summed E-state index contributed by atoms with van der Waals surface area (Å²) in [5.41, 5.74) is 2.36. The van der Waals surface area contributed by atoms with Crippen LogP contribution in [-0.2, 0) is 4.79 Å². The van der Waals surface area contributed by atoms with Gasteiger partial charge in [0.25, 0.3) is 0 Å². The summed E-state index contributed by atoms with van der Waals surface area (Å²) in [6, 6.07) is 0. The number of halogens is 1. The molecule has 0 aromatic rings. The lowest BCUT2D eigenvalue weighted by Gasteiger charge is -2.57. The molecule has 4 aliphatic carbocycles. The maximum Gasteiger partial charge on any atom is 0.155 e. The van der Waals surface area contributed by atoms with Gasteiger partial charge in [0.05, 0.1) is 0 Å². The summed E-state index contributed by atoms with van der Waals surface area (Å²) < 4.78 is 0. The fourth-order valence-electron chi connectivity index (χ4n) is 6.50. The molecule has 1 nitrogen and oxygen atoms in total. The van der Waals surface area contributed by atoms with Gasteiger partial charge in [0.15, 0.2) is 5.78 Å². The van der Waals surface area contributed by atoms with Crippen LogP contribution in [0, 0.1) is 28.6 Å². The molecule has 0 unspecified atom stereocenters. The molecule has 4 aliphatic rings. The summed E-state index contributed by atoms with van der Waals surface area (Å²) >= 11 is 3.99. The van der Waals surface area contributed by atoms with E-state index in [1.54, 1.807) is 0 Å². The maximum absolute atomic E-state index is 11.8. The predicted octanol–water partition coefficient (Wildman–Crippen LogP) is 5.28. The SMILES string of the molecule is C[C@]12CC[C@H]3[C@@H](CCC4=CC(=O)CC[C@@]43C)[C@@H]1CC[C@H]2Br. The van der Waals surface area contributed by atoms with Crippen molar-refractivity contribution in [1.29, 1.82) is 0 Å². The average Bonchev–Trinajstić information content (AvgIpc) is 2.76. The van der Waals surface area contributed by atoms with Crippen LogP contribution in [0.15, 0.2) is 11.6 Å². The zero-order valence-corrected chi connectivity index (χ0v) is 14.9. The van der Waals surface area contributed by atoms with Crippen LogP contribution in [0.3, 0.4) is 0 Å². The van der Waals surface area contributed by atoms with Crippen LogP contribution >= 0.6 is 15.9 Å². The van der Waals surface area contributed by atoms with E-state index in [9.17, 15) is 4.79 Å². The number of hydrogen-bond donors (Lipinski definition) is 0. The number of hydrogen-bond acceptors (Lipinski definition) is 1. The monoisotopic (exact) mass is 350 g/mol. The normalized spacial score (nSPS) is 52.7. The molecule has 0 heterocycles. The molecular formula is C19H27BrO. The summed E-state index contributed by atoms with van der Waals surface area (Å²) in [5.74, 6) is 3.03. The second kappa shape index (κ2) is 4.69. The van der Waals surface area contributed by atoms with Crippen molar-refractivity contribution in [2.45, 2.75) is 70.0 Å². The van der Waals surface area contributed by atoms with Crippen molar-refractivity contribution < 1.29 is 4.79 Å². The van der Waals surface area contributed by atoms with Gasteiger partial charge in [-0.25, -0.2) is 0 Å². The number of carbonyl (C=O) groups excluding carboxylic acids is 1. The quantitative estimate of drug-likeness (QED) is 0.543. The molecule has 6 atom stereocenters. The average molecular weight is 351 g/mol. The van der Waals surface area contributed by atoms with Crippen LogP contribution in [0.25, 0.3) is 0 Å². The van der Waals surface area contributed by atoms with E-state index in [1.165, 1.54) is 44.1 Å². The van der Waals surface area contributed by atoms with E-state index in [2.05, 4.69) is 29.8 Å². The van der Waals surface area contributed by atoms with Gasteiger partial charge in [-0.2, -0.15) is 0 Å². The lowest BCUT2D eigenvalue weighted by Crippen LogP contribution is -2.50. The van der Waals surface area contributed by atoms with Crippen molar-refractivity contribution >= 4 is 21.7 Å². The molecule has 2 heteroatoms. The molecule has 116 valence electrons. The van der Waals surface area contributed by atoms with E-state index in [0.717, 1.165) is 35.4 Å². The fourth-order valence-corrected chi connectivity index (χ4v) is 7.33. The van der Waals surface area contributed by atoms with Crippen molar-refractivity contribution in [3.8, 4) is 0 Å². The lowest BCUT2D eigenvalue weighted by atomic mass is 9.47. The first-order valence-corrected chi connectivity index (χ1v) is 9.75. The Kier molecular flexibility index (Phi) is 3.24. The Hall–Kier alpha value is -0.110. The Morgan fingerprint density at radius 2 is 1.86 bits per heavy atom. The molecule has 0 aromatic carbocycles. The Morgan fingerprint density at radius 3 is 2.67 bits per heavy atom. The van der Waals surface area contributed by atoms with Gasteiger partial charge in [-0.3, -0.25) is 4.79 Å². The van der Waals surface area contributed by atoms with Gasteiger partial charge >= 0.3 is 0 Å². The Labute approximate surface area is 137 Å². The maximum atomic E-state index is 11.8. The van der Waals surface area contributed by atoms with Crippen molar-refractivity contribution in [1.82, 2.24) is 0 Å². The molecule has 3 fully saturated rings. The van der Waals surface area contributed by atoms with Crippen LogP contribution in [0.2, 0.25) is 0 Å². The van der Waals surface area contributed by atoms with Crippen molar-refractivity contribution in [3.05, 3.63) is 11.6 Å². The van der Waals surface area contributed by atoms with Crippen molar-refractivity contribution in [2.24, 2.45) is 28.6 Å². The van der Waals surface area contributed by atoms with Gasteiger partial charge in [0.1, 0.15) is 0 Å². The van der Waals surface area contributed by atoms with E-state index in [-0.39, 0.29) is 0 Å². The largest absolute Gasteiger partial charge is 0.295 e. The minimum absolute atomic E-state index is 0.336. The molecule has 3 saturated carbocycles. The van der Waals surface area contributed by atoms with Crippen molar-refractivity contribution in [2.75, 3.05) is 0 Å². The van der Waals surface area contributed by atoms with E-state index in [0.29, 0.717) is 16.6 Å². The van der Waals surface area contributed by atoms with Gasteiger partial charge in [0, 0.05) is 11.2 Å². The zero-order chi connectivity index (χ0) is 14.8. The van der Waals surface area contributed by atoms with Gasteiger partial charge in [-0.15, -0.1) is 0 Å². The standard InChI is InChI=1S/C19H27BrO/c1-18-9-7-13(21)11-12(18)3-4-14-15-5-6-17(20)19(15,2)10-8-16(14)18/h11,14-17H,3-10H2,1-2H3/t14-,15-,16-,17+,18-,19-/m0/s1. The molecule has 0 spiro atoms. The summed E-state index contributed by atoms with van der Waals surface area (Å²) in [4.78, 5) is 12.5. The van der Waals surface area contributed by atoms with Gasteiger partial charge in [-0.1, -0.05) is 35.4 Å². The summed E-state index contributed by atoms with van der Waals surface area (Å²) in [7, 11) is 0.